The Morgan fingerprint density at radius 1 is 0.900 bits per heavy atom. The van der Waals surface area contributed by atoms with E-state index in [2.05, 4.69) is 23.8 Å². The van der Waals surface area contributed by atoms with Gasteiger partial charge >= 0.3 is 0 Å². The Labute approximate surface area is 64.0 Å². The average Bonchev–Trinajstić information content (AvgIpc) is 1.89. The van der Waals surface area contributed by atoms with Gasteiger partial charge in [-0.15, -0.1) is 0 Å². The highest BCUT2D eigenvalue weighted by molar-refractivity contribution is 4.81. The molecule has 0 atom stereocenters. The zero-order valence-electron chi connectivity index (χ0n) is 7.41. The molecule has 10 heavy (non-hydrogen) atoms. The van der Waals surface area contributed by atoms with E-state index in [1.54, 1.807) is 0 Å². The minimum Gasteiger partial charge on any atom is -0.392 e. The summed E-state index contributed by atoms with van der Waals surface area (Å²) in [6.45, 7) is 11.0. The molecule has 0 aliphatic heterocycles. The maximum Gasteiger partial charge on any atom is 0.00299 e. The summed E-state index contributed by atoms with van der Waals surface area (Å²) in [5.41, 5.74) is 2.01. The summed E-state index contributed by atoms with van der Waals surface area (Å²) in [6.07, 6.45) is 0. The van der Waals surface area contributed by atoms with Crippen LogP contribution in [0.1, 0.15) is 13.8 Å². The maximum atomic E-state index is 3.56. The summed E-state index contributed by atoms with van der Waals surface area (Å²) >= 11 is 0. The molecule has 60 valence electrons. The average molecular weight is 142 g/mol. The molecule has 2 nitrogen and oxygen atoms in total. The molecular weight excluding hydrogens is 124 g/mol. The molecule has 0 bridgehead atoms. The first kappa shape index (κ1) is 11.8. The Kier molecular flexibility index (Phi) is 9.56. The van der Waals surface area contributed by atoms with Gasteiger partial charge in [-0.2, -0.15) is 0 Å². The lowest BCUT2D eigenvalue weighted by Gasteiger charge is -1.87. The number of nitrogens with one attached hydrogen (secondary N) is 2. The van der Waals surface area contributed by atoms with Crippen LogP contribution in [0, 0.1) is 0 Å². The summed E-state index contributed by atoms with van der Waals surface area (Å²) in [5.74, 6) is 0. The highest BCUT2D eigenvalue weighted by Gasteiger charge is 1.63. The van der Waals surface area contributed by atoms with Crippen molar-refractivity contribution in [2.75, 3.05) is 14.1 Å². The van der Waals surface area contributed by atoms with E-state index in [1.165, 1.54) is 0 Å². The van der Waals surface area contributed by atoms with Gasteiger partial charge in [0, 0.05) is 14.1 Å². The highest BCUT2D eigenvalue weighted by Crippen LogP contribution is 1.68. The highest BCUT2D eigenvalue weighted by atomic mass is 14.8. The first-order valence-corrected chi connectivity index (χ1v) is 3.21. The van der Waals surface area contributed by atoms with Crippen molar-refractivity contribution in [1.82, 2.24) is 10.6 Å². The van der Waals surface area contributed by atoms with Crippen molar-refractivity contribution >= 4 is 0 Å². The molecule has 0 amide bonds. The van der Waals surface area contributed by atoms with Gasteiger partial charge in [0.25, 0.3) is 0 Å². The van der Waals surface area contributed by atoms with Crippen LogP contribution in [0.2, 0.25) is 0 Å². The molecule has 2 N–H and O–H groups in total. The predicted octanol–water partition coefficient (Wildman–Crippen LogP) is 1.48. The first-order valence-electron chi connectivity index (χ1n) is 3.21. The molecular formula is C8H18N2. The summed E-state index contributed by atoms with van der Waals surface area (Å²) < 4.78 is 0. The van der Waals surface area contributed by atoms with Crippen molar-refractivity contribution in [3.05, 3.63) is 24.6 Å². The third-order valence-electron chi connectivity index (χ3n) is 0.854. The summed E-state index contributed by atoms with van der Waals surface area (Å²) in [4.78, 5) is 0. The van der Waals surface area contributed by atoms with E-state index in [0.717, 1.165) is 11.4 Å². The maximum absolute atomic E-state index is 3.56. The standard InChI is InChI=1S/2C4H9N/c2*1-4(2)5-3/h2*5H,1H2,2-3H3. The second-order valence-corrected chi connectivity index (χ2v) is 2.06. The molecule has 0 fully saturated rings. The normalized spacial score (nSPS) is 6.80. The second kappa shape index (κ2) is 8.08. The van der Waals surface area contributed by atoms with Crippen LogP contribution in [0.4, 0.5) is 0 Å². The minimum absolute atomic E-state index is 1.00. The van der Waals surface area contributed by atoms with Gasteiger partial charge in [-0.25, -0.2) is 0 Å². The molecule has 0 aromatic heterocycles. The zero-order chi connectivity index (χ0) is 8.57. The molecule has 0 aromatic rings. The Morgan fingerprint density at radius 3 is 1.00 bits per heavy atom. The van der Waals surface area contributed by atoms with Gasteiger partial charge < -0.3 is 10.6 Å². The molecule has 0 unspecified atom stereocenters. The summed E-state index contributed by atoms with van der Waals surface area (Å²) in [6, 6.07) is 0. The third kappa shape index (κ3) is 27.6. The Bertz CT molecular complexity index is 91.8. The number of hydrogen-bond donors (Lipinski definition) is 2. The first-order chi connectivity index (χ1) is 4.54. The largest absolute Gasteiger partial charge is 0.392 e. The van der Waals surface area contributed by atoms with Gasteiger partial charge in [0.1, 0.15) is 0 Å². The topological polar surface area (TPSA) is 24.1 Å². The van der Waals surface area contributed by atoms with E-state index >= 15 is 0 Å². The lowest BCUT2D eigenvalue weighted by molar-refractivity contribution is 0.998. The lowest BCUT2D eigenvalue weighted by atomic mass is 10.6. The number of hydrogen-bond acceptors (Lipinski definition) is 2. The van der Waals surface area contributed by atoms with Crippen LogP contribution < -0.4 is 10.6 Å². The number of rotatable bonds is 2. The summed E-state index contributed by atoms with van der Waals surface area (Å²) in [5, 5.41) is 5.67. The van der Waals surface area contributed by atoms with Crippen LogP contribution in [0.25, 0.3) is 0 Å². The Balaban J connectivity index is 0. The van der Waals surface area contributed by atoms with E-state index in [4.69, 9.17) is 0 Å². The van der Waals surface area contributed by atoms with Crippen LogP contribution >= 0.6 is 0 Å². The van der Waals surface area contributed by atoms with Crippen LogP contribution in [0.5, 0.6) is 0 Å². The van der Waals surface area contributed by atoms with Gasteiger partial charge in [0.05, 0.1) is 0 Å². The van der Waals surface area contributed by atoms with Crippen molar-refractivity contribution in [3.8, 4) is 0 Å². The smallest absolute Gasteiger partial charge is 0.00299 e. The predicted molar refractivity (Wildman–Crippen MR) is 47.7 cm³/mol. The molecule has 0 saturated carbocycles. The van der Waals surface area contributed by atoms with Crippen molar-refractivity contribution in [2.45, 2.75) is 13.8 Å². The molecule has 2 heteroatoms. The molecule has 0 radical (unpaired) electrons. The van der Waals surface area contributed by atoms with Gasteiger partial charge in [-0.05, 0) is 25.2 Å². The van der Waals surface area contributed by atoms with E-state index < -0.39 is 0 Å². The molecule has 0 aromatic carbocycles. The molecule has 0 rings (SSSR count). The molecule has 0 aliphatic carbocycles. The van der Waals surface area contributed by atoms with Crippen molar-refractivity contribution in [2.24, 2.45) is 0 Å². The quantitative estimate of drug-likeness (QED) is 0.610. The second-order valence-electron chi connectivity index (χ2n) is 2.06. The van der Waals surface area contributed by atoms with E-state index in [-0.39, 0.29) is 0 Å². The van der Waals surface area contributed by atoms with Gasteiger partial charge in [-0.3, -0.25) is 0 Å². The van der Waals surface area contributed by atoms with E-state index in [1.807, 2.05) is 27.9 Å². The van der Waals surface area contributed by atoms with Crippen LogP contribution in [0.15, 0.2) is 24.6 Å². The Morgan fingerprint density at radius 2 is 1.00 bits per heavy atom. The SMILES string of the molecule is C=C(C)NC.C=C(C)NC. The van der Waals surface area contributed by atoms with Crippen molar-refractivity contribution in [3.63, 3.8) is 0 Å². The zero-order valence-corrected chi connectivity index (χ0v) is 7.41. The molecule has 0 saturated heterocycles. The molecule has 0 spiro atoms. The number of allylic oxidation sites excluding steroid dienone is 2. The summed E-state index contributed by atoms with van der Waals surface area (Å²) in [7, 11) is 3.70. The van der Waals surface area contributed by atoms with Crippen LogP contribution in [0.3, 0.4) is 0 Å². The Hall–Kier alpha value is -0.920. The van der Waals surface area contributed by atoms with Crippen LogP contribution in [-0.4, -0.2) is 14.1 Å². The van der Waals surface area contributed by atoms with Crippen molar-refractivity contribution in [1.29, 1.82) is 0 Å². The lowest BCUT2D eigenvalue weighted by Crippen LogP contribution is -1.98. The van der Waals surface area contributed by atoms with Crippen molar-refractivity contribution < 1.29 is 0 Å². The fourth-order valence-corrected chi connectivity index (χ4v) is 0. The van der Waals surface area contributed by atoms with Gasteiger partial charge in [0.2, 0.25) is 0 Å². The van der Waals surface area contributed by atoms with Crippen LogP contribution in [-0.2, 0) is 0 Å². The van der Waals surface area contributed by atoms with E-state index in [0.29, 0.717) is 0 Å². The molecule has 0 aliphatic rings. The van der Waals surface area contributed by atoms with Gasteiger partial charge in [0.15, 0.2) is 0 Å². The fraction of sp³-hybridized carbons (Fsp3) is 0.500. The monoisotopic (exact) mass is 142 g/mol. The van der Waals surface area contributed by atoms with Gasteiger partial charge in [-0.1, -0.05) is 13.2 Å². The van der Waals surface area contributed by atoms with E-state index in [9.17, 15) is 0 Å². The fourth-order valence-electron chi connectivity index (χ4n) is 0. The molecule has 0 heterocycles. The third-order valence-corrected chi connectivity index (χ3v) is 0.854. The minimum atomic E-state index is 1.00.